The molecular weight excluding hydrogens is 200 g/mol. The summed E-state index contributed by atoms with van der Waals surface area (Å²) in [5.41, 5.74) is 0.565. The molecule has 1 saturated carbocycles. The quantitative estimate of drug-likeness (QED) is 0.613. The van der Waals surface area contributed by atoms with Crippen LogP contribution in [0.25, 0.3) is 0 Å². The predicted molar refractivity (Wildman–Crippen MR) is 55.8 cm³/mol. The molecule has 4 heteroatoms. The fraction of sp³-hybridized carbons (Fsp3) is 0.400. The molecule has 0 bridgehead atoms. The number of anilines is 1. The van der Waals surface area contributed by atoms with Gasteiger partial charge in [-0.25, -0.2) is 4.98 Å². The van der Waals surface area contributed by atoms with E-state index in [1.807, 2.05) is 0 Å². The highest BCUT2D eigenvalue weighted by atomic mass is 35.5. The maximum absolute atomic E-state index is 10.7. The average Bonchev–Trinajstić information content (AvgIpc) is 2.98. The summed E-state index contributed by atoms with van der Waals surface area (Å²) < 4.78 is 0. The van der Waals surface area contributed by atoms with Crippen LogP contribution in [0.15, 0.2) is 12.1 Å². The minimum absolute atomic E-state index is 0.411. The van der Waals surface area contributed by atoms with Crippen LogP contribution in [0.1, 0.15) is 23.2 Å². The zero-order valence-corrected chi connectivity index (χ0v) is 8.42. The molecule has 0 aromatic carbocycles. The number of nitrogens with one attached hydrogen (secondary N) is 1. The normalized spacial score (nSPS) is 15.2. The summed E-state index contributed by atoms with van der Waals surface area (Å²) in [4.78, 5) is 14.7. The van der Waals surface area contributed by atoms with Crippen LogP contribution in [0.3, 0.4) is 0 Å². The van der Waals surface area contributed by atoms with Crippen molar-refractivity contribution in [3.05, 3.63) is 22.8 Å². The molecule has 0 amide bonds. The van der Waals surface area contributed by atoms with E-state index < -0.39 is 0 Å². The second-order valence-corrected chi connectivity index (χ2v) is 3.90. The molecule has 0 radical (unpaired) electrons. The van der Waals surface area contributed by atoms with E-state index in [9.17, 15) is 4.79 Å². The molecule has 1 heterocycles. The summed E-state index contributed by atoms with van der Waals surface area (Å²) in [5.74, 6) is 1.34. The third-order valence-electron chi connectivity index (χ3n) is 2.27. The molecule has 1 fully saturated rings. The minimum atomic E-state index is 0.411. The Labute approximate surface area is 87.5 Å². The van der Waals surface area contributed by atoms with Crippen molar-refractivity contribution >= 4 is 23.7 Å². The zero-order chi connectivity index (χ0) is 9.97. The first-order valence-electron chi connectivity index (χ1n) is 4.65. The van der Waals surface area contributed by atoms with Crippen LogP contribution >= 0.6 is 11.6 Å². The summed E-state index contributed by atoms with van der Waals surface area (Å²) in [7, 11) is 0. The molecule has 0 spiro atoms. The molecule has 14 heavy (non-hydrogen) atoms. The van der Waals surface area contributed by atoms with Gasteiger partial charge in [0.05, 0.1) is 5.56 Å². The molecule has 0 aliphatic heterocycles. The Hall–Kier alpha value is -1.09. The van der Waals surface area contributed by atoms with Gasteiger partial charge in [0.2, 0.25) is 0 Å². The number of aldehydes is 1. The number of hydrogen-bond donors (Lipinski definition) is 1. The molecule has 1 aliphatic rings. The first-order valence-corrected chi connectivity index (χ1v) is 5.03. The fourth-order valence-corrected chi connectivity index (χ4v) is 1.39. The highest BCUT2D eigenvalue weighted by molar-refractivity contribution is 6.29. The highest BCUT2D eigenvalue weighted by Crippen LogP contribution is 2.29. The zero-order valence-electron chi connectivity index (χ0n) is 7.66. The van der Waals surface area contributed by atoms with Gasteiger partial charge in [0.15, 0.2) is 6.29 Å². The Morgan fingerprint density at radius 3 is 3.00 bits per heavy atom. The fourth-order valence-electron chi connectivity index (χ4n) is 1.25. The number of pyridine rings is 1. The van der Waals surface area contributed by atoms with Crippen LogP contribution in [0, 0.1) is 5.92 Å². The SMILES string of the molecule is O=Cc1ccc(Cl)nc1NCC1CC1. The third-order valence-corrected chi connectivity index (χ3v) is 2.49. The molecule has 1 aromatic rings. The highest BCUT2D eigenvalue weighted by Gasteiger charge is 2.21. The smallest absolute Gasteiger partial charge is 0.153 e. The van der Waals surface area contributed by atoms with Crippen molar-refractivity contribution in [2.24, 2.45) is 5.92 Å². The second-order valence-electron chi connectivity index (χ2n) is 3.51. The summed E-state index contributed by atoms with van der Waals surface area (Å²) in [6.45, 7) is 0.883. The largest absolute Gasteiger partial charge is 0.369 e. The van der Waals surface area contributed by atoms with E-state index in [0.29, 0.717) is 16.5 Å². The summed E-state index contributed by atoms with van der Waals surface area (Å²) in [6.07, 6.45) is 3.33. The standard InChI is InChI=1S/C10H11ClN2O/c11-9-4-3-8(6-14)10(13-9)12-5-7-1-2-7/h3-4,6-7H,1-2,5H2,(H,12,13). The van der Waals surface area contributed by atoms with Crippen LogP contribution in [0.4, 0.5) is 5.82 Å². The van der Waals surface area contributed by atoms with Crippen molar-refractivity contribution < 1.29 is 4.79 Å². The monoisotopic (exact) mass is 210 g/mol. The Balaban J connectivity index is 2.11. The number of carbonyl (C=O) groups is 1. The lowest BCUT2D eigenvalue weighted by molar-refractivity contribution is 0.112. The number of halogens is 1. The van der Waals surface area contributed by atoms with Gasteiger partial charge in [0.1, 0.15) is 11.0 Å². The van der Waals surface area contributed by atoms with Crippen molar-refractivity contribution in [3.8, 4) is 0 Å². The van der Waals surface area contributed by atoms with E-state index in [-0.39, 0.29) is 0 Å². The van der Waals surface area contributed by atoms with E-state index in [0.717, 1.165) is 18.7 Å². The average molecular weight is 211 g/mol. The van der Waals surface area contributed by atoms with Gasteiger partial charge in [0.25, 0.3) is 0 Å². The minimum Gasteiger partial charge on any atom is -0.369 e. The lowest BCUT2D eigenvalue weighted by atomic mass is 10.3. The number of rotatable bonds is 4. The van der Waals surface area contributed by atoms with Crippen LogP contribution in [-0.4, -0.2) is 17.8 Å². The number of hydrogen-bond acceptors (Lipinski definition) is 3. The van der Waals surface area contributed by atoms with Crippen molar-refractivity contribution in [3.63, 3.8) is 0 Å². The van der Waals surface area contributed by atoms with Gasteiger partial charge >= 0.3 is 0 Å². The van der Waals surface area contributed by atoms with Crippen molar-refractivity contribution in [2.45, 2.75) is 12.8 Å². The molecule has 1 aromatic heterocycles. The van der Waals surface area contributed by atoms with Crippen LogP contribution < -0.4 is 5.32 Å². The maximum atomic E-state index is 10.7. The Morgan fingerprint density at radius 2 is 2.36 bits per heavy atom. The number of carbonyl (C=O) groups excluding carboxylic acids is 1. The molecule has 0 unspecified atom stereocenters. The van der Waals surface area contributed by atoms with Gasteiger partial charge in [-0.05, 0) is 30.9 Å². The van der Waals surface area contributed by atoms with Gasteiger partial charge in [-0.1, -0.05) is 11.6 Å². The first-order chi connectivity index (χ1) is 6.79. The van der Waals surface area contributed by atoms with Gasteiger partial charge in [-0.2, -0.15) is 0 Å². The Bertz CT molecular complexity index is 350. The molecule has 74 valence electrons. The second kappa shape index (κ2) is 3.96. The van der Waals surface area contributed by atoms with Gasteiger partial charge in [-0.15, -0.1) is 0 Å². The van der Waals surface area contributed by atoms with Gasteiger partial charge in [0, 0.05) is 6.54 Å². The van der Waals surface area contributed by atoms with Gasteiger partial charge < -0.3 is 5.32 Å². The predicted octanol–water partition coefficient (Wildman–Crippen LogP) is 2.37. The number of nitrogens with zero attached hydrogens (tertiary/aromatic N) is 1. The van der Waals surface area contributed by atoms with Crippen molar-refractivity contribution in [1.82, 2.24) is 4.98 Å². The lowest BCUT2D eigenvalue weighted by Gasteiger charge is -2.06. The summed E-state index contributed by atoms with van der Waals surface area (Å²) in [5, 5.41) is 3.55. The van der Waals surface area contributed by atoms with E-state index in [2.05, 4.69) is 10.3 Å². The topological polar surface area (TPSA) is 42.0 Å². The van der Waals surface area contributed by atoms with E-state index >= 15 is 0 Å². The van der Waals surface area contributed by atoms with E-state index in [1.54, 1.807) is 12.1 Å². The van der Waals surface area contributed by atoms with Gasteiger partial charge in [-0.3, -0.25) is 4.79 Å². The molecule has 0 saturated heterocycles. The molecule has 3 nitrogen and oxygen atoms in total. The number of aromatic nitrogens is 1. The maximum Gasteiger partial charge on any atom is 0.153 e. The Kier molecular flexibility index (Phi) is 2.68. The van der Waals surface area contributed by atoms with Crippen molar-refractivity contribution in [2.75, 3.05) is 11.9 Å². The van der Waals surface area contributed by atoms with Crippen LogP contribution in [-0.2, 0) is 0 Å². The third kappa shape index (κ3) is 2.23. The molecular formula is C10H11ClN2O. The lowest BCUT2D eigenvalue weighted by Crippen LogP contribution is -2.07. The van der Waals surface area contributed by atoms with Crippen molar-refractivity contribution in [1.29, 1.82) is 0 Å². The summed E-state index contributed by atoms with van der Waals surface area (Å²) >= 11 is 5.74. The van der Waals surface area contributed by atoms with Crippen LogP contribution in [0.2, 0.25) is 5.15 Å². The molecule has 2 rings (SSSR count). The molecule has 1 N–H and O–H groups in total. The molecule has 0 atom stereocenters. The van der Waals surface area contributed by atoms with E-state index in [4.69, 9.17) is 11.6 Å². The first kappa shape index (κ1) is 9.46. The van der Waals surface area contributed by atoms with E-state index in [1.165, 1.54) is 12.8 Å². The molecule has 1 aliphatic carbocycles. The van der Waals surface area contributed by atoms with Crippen LogP contribution in [0.5, 0.6) is 0 Å². The Morgan fingerprint density at radius 1 is 1.57 bits per heavy atom. The summed E-state index contributed by atoms with van der Waals surface area (Å²) in [6, 6.07) is 3.30.